The summed E-state index contributed by atoms with van der Waals surface area (Å²) in [7, 11) is -2.71. The molecule has 0 aromatic rings. The SMILES string of the molecule is C=CCO[C@@H]1O[C@@H](C)[C@H](OC(=O)CCC(C)=O)[C@](O)([Si](C)(C)C(C)(C)C)[C@H]1O. The van der Waals surface area contributed by atoms with Crippen LogP contribution >= 0.6 is 0 Å². The molecule has 0 aromatic heterocycles. The largest absolute Gasteiger partial charge is 0.457 e. The normalized spacial score (nSPS) is 31.3. The van der Waals surface area contributed by atoms with E-state index in [2.05, 4.69) is 6.58 Å². The van der Waals surface area contributed by atoms with E-state index in [-0.39, 0.29) is 30.3 Å². The van der Waals surface area contributed by atoms with E-state index in [0.717, 1.165) is 0 Å². The Morgan fingerprint density at radius 2 is 1.86 bits per heavy atom. The number of Topliss-reactive ketones (excluding diaryl/α,β-unsaturated/α-hetero) is 1. The van der Waals surface area contributed by atoms with Gasteiger partial charge in [0.2, 0.25) is 0 Å². The maximum absolute atomic E-state index is 12.3. The molecular weight excluding hydrogens is 380 g/mol. The highest BCUT2D eigenvalue weighted by atomic mass is 28.3. The van der Waals surface area contributed by atoms with Crippen LogP contribution < -0.4 is 0 Å². The Balaban J connectivity index is 3.31. The first-order valence-electron chi connectivity index (χ1n) is 9.67. The van der Waals surface area contributed by atoms with E-state index in [1.54, 1.807) is 6.92 Å². The molecule has 0 aromatic carbocycles. The topological polar surface area (TPSA) is 102 Å². The molecule has 5 atom stereocenters. The van der Waals surface area contributed by atoms with Gasteiger partial charge in [0, 0.05) is 6.42 Å². The van der Waals surface area contributed by atoms with Crippen molar-refractivity contribution in [2.24, 2.45) is 0 Å². The van der Waals surface area contributed by atoms with Gasteiger partial charge in [-0.05, 0) is 18.9 Å². The highest BCUT2D eigenvalue weighted by Crippen LogP contribution is 2.49. The second-order valence-corrected chi connectivity index (χ2v) is 14.6. The summed E-state index contributed by atoms with van der Waals surface area (Å²) in [5.74, 6) is -0.729. The summed E-state index contributed by atoms with van der Waals surface area (Å²) in [4.78, 5) is 23.5. The Bertz CT molecular complexity index is 584. The quantitative estimate of drug-likeness (QED) is 0.356. The summed E-state index contributed by atoms with van der Waals surface area (Å²) in [6.45, 7) is 16.7. The van der Waals surface area contributed by atoms with Gasteiger partial charge in [-0.25, -0.2) is 0 Å². The third-order valence-electron chi connectivity index (χ3n) is 6.11. The molecule has 0 aliphatic carbocycles. The molecule has 162 valence electrons. The molecule has 1 aliphatic rings. The van der Waals surface area contributed by atoms with E-state index in [1.165, 1.54) is 13.0 Å². The van der Waals surface area contributed by atoms with Crippen LogP contribution in [0, 0.1) is 0 Å². The van der Waals surface area contributed by atoms with Crippen molar-refractivity contribution in [3.05, 3.63) is 12.7 Å². The molecule has 8 heteroatoms. The Hall–Kier alpha value is -1.06. The van der Waals surface area contributed by atoms with Crippen molar-refractivity contribution in [3.8, 4) is 0 Å². The number of ketones is 1. The highest BCUT2D eigenvalue weighted by molar-refractivity contribution is 6.83. The fourth-order valence-electron chi connectivity index (χ4n) is 3.37. The first kappa shape index (κ1) is 25.0. The van der Waals surface area contributed by atoms with Gasteiger partial charge < -0.3 is 29.2 Å². The van der Waals surface area contributed by atoms with E-state index >= 15 is 0 Å². The van der Waals surface area contributed by atoms with Gasteiger partial charge in [-0.1, -0.05) is 39.9 Å². The van der Waals surface area contributed by atoms with Crippen molar-refractivity contribution in [2.75, 3.05) is 6.61 Å². The van der Waals surface area contributed by atoms with Crippen LogP contribution in [0.5, 0.6) is 0 Å². The Kier molecular flexibility index (Phi) is 8.18. The Labute approximate surface area is 169 Å². The zero-order valence-electron chi connectivity index (χ0n) is 18.2. The van der Waals surface area contributed by atoms with Crippen molar-refractivity contribution in [1.82, 2.24) is 0 Å². The van der Waals surface area contributed by atoms with Gasteiger partial charge in [0.15, 0.2) is 12.4 Å². The van der Waals surface area contributed by atoms with E-state index in [1.807, 2.05) is 33.9 Å². The summed E-state index contributed by atoms with van der Waals surface area (Å²) in [6, 6.07) is 0. The summed E-state index contributed by atoms with van der Waals surface area (Å²) < 4.78 is 16.9. The summed E-state index contributed by atoms with van der Waals surface area (Å²) in [5, 5.41) is 21.0. The minimum absolute atomic E-state index is 0.0624. The maximum Gasteiger partial charge on any atom is 0.306 e. The number of carbonyl (C=O) groups excluding carboxylic acids is 2. The number of aliphatic hydroxyl groups is 2. The van der Waals surface area contributed by atoms with Crippen LogP contribution in [0.15, 0.2) is 12.7 Å². The fraction of sp³-hybridized carbons (Fsp3) is 0.800. The molecule has 1 rings (SSSR count). The zero-order chi connectivity index (χ0) is 21.9. The minimum Gasteiger partial charge on any atom is -0.457 e. The number of ether oxygens (including phenoxy) is 3. The van der Waals surface area contributed by atoms with Gasteiger partial charge in [0.05, 0.1) is 27.2 Å². The van der Waals surface area contributed by atoms with Crippen LogP contribution in [0.3, 0.4) is 0 Å². The van der Waals surface area contributed by atoms with Crippen molar-refractivity contribution < 1.29 is 34.0 Å². The third kappa shape index (κ3) is 4.91. The molecule has 0 amide bonds. The molecule has 1 fully saturated rings. The fourth-order valence-corrected chi connectivity index (χ4v) is 6.46. The Morgan fingerprint density at radius 3 is 2.32 bits per heavy atom. The molecule has 28 heavy (non-hydrogen) atoms. The summed E-state index contributed by atoms with van der Waals surface area (Å²) in [6.07, 6.45) is -2.76. The van der Waals surface area contributed by atoms with Crippen LogP contribution in [0.25, 0.3) is 0 Å². The number of hydrogen-bond donors (Lipinski definition) is 2. The molecule has 2 N–H and O–H groups in total. The van der Waals surface area contributed by atoms with Crippen molar-refractivity contribution in [3.63, 3.8) is 0 Å². The lowest BCUT2D eigenvalue weighted by atomic mass is 9.98. The molecule has 0 spiro atoms. The lowest BCUT2D eigenvalue weighted by Crippen LogP contribution is -2.78. The van der Waals surface area contributed by atoms with Crippen LogP contribution in [0.4, 0.5) is 0 Å². The number of rotatable bonds is 8. The van der Waals surface area contributed by atoms with Crippen molar-refractivity contribution in [1.29, 1.82) is 0 Å². The maximum atomic E-state index is 12.3. The van der Waals surface area contributed by atoms with E-state index < -0.39 is 43.9 Å². The molecule has 0 saturated carbocycles. The first-order chi connectivity index (χ1) is 12.7. The number of aliphatic hydroxyl groups excluding tert-OH is 1. The van der Waals surface area contributed by atoms with E-state index in [0.29, 0.717) is 0 Å². The first-order valence-corrected chi connectivity index (χ1v) is 12.7. The average molecular weight is 417 g/mol. The van der Waals surface area contributed by atoms with Crippen LogP contribution in [-0.2, 0) is 23.8 Å². The van der Waals surface area contributed by atoms with Gasteiger partial charge in [0.25, 0.3) is 0 Å². The van der Waals surface area contributed by atoms with Gasteiger partial charge in [0.1, 0.15) is 17.1 Å². The standard InChI is InChI=1S/C20H36O7Si/c1-9-12-25-18-16(23)20(24,28(7,8)19(4,5)6)17(14(3)26-18)27-15(22)11-10-13(2)21/h9,14,16-18,23-24H,1,10-12H2,2-8H3/t14-,16-,17-,18+,20+/m0/s1. The number of carbonyl (C=O) groups is 2. The predicted octanol–water partition coefficient (Wildman–Crippen LogP) is 2.35. The van der Waals surface area contributed by atoms with Gasteiger partial charge >= 0.3 is 5.97 Å². The predicted molar refractivity (Wildman–Crippen MR) is 108 cm³/mol. The molecule has 7 nitrogen and oxygen atoms in total. The van der Waals surface area contributed by atoms with Crippen LogP contribution in [0.2, 0.25) is 18.1 Å². The third-order valence-corrected chi connectivity index (χ3v) is 12.4. The molecule has 0 radical (unpaired) electrons. The van der Waals surface area contributed by atoms with Crippen LogP contribution in [0.1, 0.15) is 47.5 Å². The van der Waals surface area contributed by atoms with E-state index in [4.69, 9.17) is 14.2 Å². The smallest absolute Gasteiger partial charge is 0.306 e. The molecular formula is C20H36O7Si. The van der Waals surface area contributed by atoms with Crippen molar-refractivity contribution >= 4 is 19.8 Å². The molecule has 1 saturated heterocycles. The molecule has 0 bridgehead atoms. The summed E-state index contributed by atoms with van der Waals surface area (Å²) >= 11 is 0. The van der Waals surface area contributed by atoms with Gasteiger partial charge in [-0.2, -0.15) is 0 Å². The number of esters is 1. The zero-order valence-corrected chi connectivity index (χ0v) is 19.2. The molecule has 0 unspecified atom stereocenters. The van der Waals surface area contributed by atoms with Gasteiger partial charge in [-0.3, -0.25) is 4.79 Å². The number of hydrogen-bond acceptors (Lipinski definition) is 7. The molecule has 1 aliphatic heterocycles. The lowest BCUT2D eigenvalue weighted by molar-refractivity contribution is -0.308. The van der Waals surface area contributed by atoms with Crippen molar-refractivity contribution in [2.45, 2.75) is 95.4 Å². The monoisotopic (exact) mass is 416 g/mol. The van der Waals surface area contributed by atoms with Crippen LogP contribution in [-0.4, -0.2) is 66.5 Å². The summed E-state index contributed by atoms with van der Waals surface area (Å²) in [5.41, 5.74) is 0. The lowest BCUT2D eigenvalue weighted by Gasteiger charge is -2.58. The minimum atomic E-state index is -2.71. The second-order valence-electron chi connectivity index (χ2n) is 9.09. The second kappa shape index (κ2) is 9.17. The highest BCUT2D eigenvalue weighted by Gasteiger charge is 2.67. The van der Waals surface area contributed by atoms with Gasteiger partial charge in [-0.15, -0.1) is 6.58 Å². The molecule has 1 heterocycles. The average Bonchev–Trinajstić information content (AvgIpc) is 2.57. The van der Waals surface area contributed by atoms with E-state index in [9.17, 15) is 19.8 Å². The Morgan fingerprint density at radius 1 is 1.29 bits per heavy atom.